The van der Waals surface area contributed by atoms with Crippen molar-refractivity contribution < 1.29 is 19.8 Å². The zero-order chi connectivity index (χ0) is 13.9. The van der Waals surface area contributed by atoms with Crippen LogP contribution in [0.5, 0.6) is 0 Å². The standard InChI is InChI=1S/C16H20N2P.Os/c1-16(2,3)18(13-9-6-5-7-10-13)14-11-8-12-15(17-14)19-4;/h5-9,11-12,19H,1-4H3;/q-1;+1. The van der Waals surface area contributed by atoms with E-state index in [1.807, 2.05) is 18.2 Å². The van der Waals surface area contributed by atoms with Crippen LogP contribution in [-0.4, -0.2) is 17.2 Å². The second-order valence-corrected chi connectivity index (χ2v) is 6.40. The van der Waals surface area contributed by atoms with Crippen LogP contribution < -0.4 is 10.3 Å². The molecule has 1 aromatic carbocycles. The SMILES string of the molecule is CPc1cccc(N(c2[c-]cccc2)C(C)(C)C)n1.[Os+]. The van der Waals surface area contributed by atoms with Crippen LogP contribution in [0.25, 0.3) is 0 Å². The van der Waals surface area contributed by atoms with Crippen LogP contribution in [0.1, 0.15) is 20.8 Å². The smallest absolute Gasteiger partial charge is 0.345 e. The summed E-state index contributed by atoms with van der Waals surface area (Å²) in [6.45, 7) is 8.73. The van der Waals surface area contributed by atoms with Crippen LogP contribution >= 0.6 is 8.58 Å². The van der Waals surface area contributed by atoms with Gasteiger partial charge in [0, 0.05) is 5.54 Å². The van der Waals surface area contributed by atoms with Gasteiger partial charge in [-0.2, -0.15) is 24.3 Å². The van der Waals surface area contributed by atoms with Crippen molar-refractivity contribution in [3.63, 3.8) is 0 Å². The molecule has 0 fully saturated rings. The quantitative estimate of drug-likeness (QED) is 0.511. The maximum absolute atomic E-state index is 4.75. The van der Waals surface area contributed by atoms with Crippen molar-refractivity contribution in [2.45, 2.75) is 26.3 Å². The Balaban J connectivity index is 0.00000200. The second kappa shape index (κ2) is 7.30. The zero-order valence-corrected chi connectivity index (χ0v) is 15.8. The first-order chi connectivity index (χ1) is 9.02. The largest absolute Gasteiger partial charge is 1.00 e. The summed E-state index contributed by atoms with van der Waals surface area (Å²) in [6, 6.07) is 17.6. The van der Waals surface area contributed by atoms with Gasteiger partial charge in [0.15, 0.2) is 0 Å². The number of hydrogen-bond donors (Lipinski definition) is 0. The second-order valence-electron chi connectivity index (χ2n) is 5.39. The predicted octanol–water partition coefficient (Wildman–Crippen LogP) is 3.75. The Hall–Kier alpha value is -0.764. The maximum Gasteiger partial charge on any atom is 1.00 e. The average Bonchev–Trinajstić information content (AvgIpc) is 2.39. The fourth-order valence-electron chi connectivity index (χ4n) is 2.04. The molecular formula is C16H20N2OsP. The first-order valence-electron chi connectivity index (χ1n) is 6.44. The van der Waals surface area contributed by atoms with E-state index >= 15 is 0 Å². The molecule has 0 saturated carbocycles. The number of benzene rings is 1. The molecule has 20 heavy (non-hydrogen) atoms. The van der Waals surface area contributed by atoms with Crippen LogP contribution in [-0.2, 0) is 19.8 Å². The monoisotopic (exact) mass is 463 g/mol. The number of para-hydroxylation sites is 1. The third-order valence-corrected chi connectivity index (χ3v) is 3.61. The van der Waals surface area contributed by atoms with Crippen molar-refractivity contribution in [2.24, 2.45) is 0 Å². The third kappa shape index (κ3) is 4.11. The van der Waals surface area contributed by atoms with Crippen molar-refractivity contribution in [1.29, 1.82) is 0 Å². The number of pyridine rings is 1. The minimum Gasteiger partial charge on any atom is -0.345 e. The van der Waals surface area contributed by atoms with E-state index in [1.54, 1.807) is 0 Å². The third-order valence-electron chi connectivity index (χ3n) is 2.82. The number of aromatic nitrogens is 1. The van der Waals surface area contributed by atoms with Crippen molar-refractivity contribution in [3.8, 4) is 0 Å². The number of rotatable bonds is 3. The molecule has 0 spiro atoms. The molecule has 1 aromatic heterocycles. The van der Waals surface area contributed by atoms with Crippen molar-refractivity contribution in [1.82, 2.24) is 4.98 Å². The number of nitrogens with zero attached hydrogens (tertiary/aromatic N) is 2. The summed E-state index contributed by atoms with van der Waals surface area (Å²) in [4.78, 5) is 6.99. The van der Waals surface area contributed by atoms with Crippen LogP contribution in [0, 0.1) is 6.07 Å². The predicted molar refractivity (Wildman–Crippen MR) is 85.3 cm³/mol. The molecule has 4 heteroatoms. The van der Waals surface area contributed by atoms with E-state index in [0.29, 0.717) is 8.58 Å². The van der Waals surface area contributed by atoms with Crippen LogP contribution in [0.3, 0.4) is 0 Å². The van der Waals surface area contributed by atoms with Crippen LogP contribution in [0.15, 0.2) is 42.5 Å². The molecular weight excluding hydrogens is 441 g/mol. The fraction of sp³-hybridized carbons (Fsp3) is 0.312. The Kier molecular flexibility index (Phi) is 6.31. The minimum absolute atomic E-state index is 0. The Morgan fingerprint density at radius 3 is 2.40 bits per heavy atom. The van der Waals surface area contributed by atoms with E-state index < -0.39 is 0 Å². The molecule has 0 aliphatic heterocycles. The van der Waals surface area contributed by atoms with Crippen molar-refractivity contribution in [3.05, 3.63) is 48.5 Å². The van der Waals surface area contributed by atoms with Gasteiger partial charge in [0.05, 0.1) is 5.44 Å². The summed E-state index contributed by atoms with van der Waals surface area (Å²) in [5, 5.41) is 0. The summed E-state index contributed by atoms with van der Waals surface area (Å²) in [6.07, 6.45) is 0. The summed E-state index contributed by atoms with van der Waals surface area (Å²) < 4.78 is 0. The van der Waals surface area contributed by atoms with Gasteiger partial charge >= 0.3 is 19.8 Å². The van der Waals surface area contributed by atoms with Gasteiger partial charge in [-0.15, -0.1) is 6.07 Å². The minimum atomic E-state index is -0.0413. The van der Waals surface area contributed by atoms with Gasteiger partial charge in [0.25, 0.3) is 0 Å². The Morgan fingerprint density at radius 1 is 1.10 bits per heavy atom. The molecule has 107 valence electrons. The Labute approximate surface area is 136 Å². The summed E-state index contributed by atoms with van der Waals surface area (Å²) in [5.41, 5.74) is 2.15. The van der Waals surface area contributed by atoms with E-state index in [4.69, 9.17) is 4.98 Å². The maximum atomic E-state index is 4.75. The summed E-state index contributed by atoms with van der Waals surface area (Å²) in [5.74, 6) is 0.988. The molecule has 1 atom stereocenters. The average molecular weight is 462 g/mol. The van der Waals surface area contributed by atoms with Gasteiger partial charge in [-0.25, -0.2) is 4.98 Å². The molecule has 2 aromatic rings. The van der Waals surface area contributed by atoms with Crippen molar-refractivity contribution in [2.75, 3.05) is 11.6 Å². The van der Waals surface area contributed by atoms with Crippen LogP contribution in [0.4, 0.5) is 11.5 Å². The first-order valence-corrected chi connectivity index (χ1v) is 7.94. The van der Waals surface area contributed by atoms with Gasteiger partial charge in [-0.1, -0.05) is 20.3 Å². The topological polar surface area (TPSA) is 16.1 Å². The molecule has 1 radical (unpaired) electrons. The first kappa shape index (κ1) is 17.3. The van der Waals surface area contributed by atoms with Gasteiger partial charge < -0.3 is 4.90 Å². The number of hydrogen-bond acceptors (Lipinski definition) is 2. The zero-order valence-electron chi connectivity index (χ0n) is 12.3. The molecule has 1 unspecified atom stereocenters. The molecule has 0 saturated heterocycles. The number of anilines is 2. The van der Waals surface area contributed by atoms with Gasteiger partial charge in [-0.05, 0) is 39.6 Å². The normalized spacial score (nSPS) is 11.4. The molecule has 0 aliphatic carbocycles. The molecule has 0 N–H and O–H groups in total. The molecule has 0 amide bonds. The Morgan fingerprint density at radius 2 is 1.85 bits per heavy atom. The van der Waals surface area contributed by atoms with E-state index in [0.717, 1.165) is 16.9 Å². The van der Waals surface area contributed by atoms with Gasteiger partial charge in [0.1, 0.15) is 5.82 Å². The summed E-state index contributed by atoms with van der Waals surface area (Å²) >= 11 is 0. The van der Waals surface area contributed by atoms with E-state index in [9.17, 15) is 0 Å². The molecule has 2 nitrogen and oxygen atoms in total. The fourth-order valence-corrected chi connectivity index (χ4v) is 2.53. The summed E-state index contributed by atoms with van der Waals surface area (Å²) in [7, 11) is 0.712. The molecule has 0 bridgehead atoms. The van der Waals surface area contributed by atoms with Gasteiger partial charge in [-0.3, -0.25) is 0 Å². The molecule has 2 rings (SSSR count). The van der Waals surface area contributed by atoms with Crippen molar-refractivity contribution >= 4 is 25.5 Å². The van der Waals surface area contributed by atoms with Gasteiger partial charge in [0.2, 0.25) is 0 Å². The molecule has 0 aliphatic rings. The van der Waals surface area contributed by atoms with E-state index in [2.05, 4.69) is 62.7 Å². The van der Waals surface area contributed by atoms with E-state index in [1.165, 1.54) is 0 Å². The molecule has 1 heterocycles. The van der Waals surface area contributed by atoms with E-state index in [-0.39, 0.29) is 25.3 Å². The van der Waals surface area contributed by atoms with Crippen LogP contribution in [0.2, 0.25) is 0 Å². The Bertz CT molecular complexity index is 538.